The van der Waals surface area contributed by atoms with E-state index < -0.39 is 0 Å². The Labute approximate surface area is 131 Å². The zero-order valence-electron chi connectivity index (χ0n) is 12.9. The molecule has 2 N–H and O–H groups in total. The first-order valence-electron chi connectivity index (χ1n) is 7.88. The van der Waals surface area contributed by atoms with E-state index >= 15 is 0 Å². The summed E-state index contributed by atoms with van der Waals surface area (Å²) in [5.74, 6) is 1.02. The van der Waals surface area contributed by atoms with Crippen LogP contribution in [0.25, 0.3) is 0 Å². The maximum absolute atomic E-state index is 13.6. The largest absolute Gasteiger partial charge is 0.497 e. The number of rotatable bonds is 4. The second kappa shape index (κ2) is 6.49. The summed E-state index contributed by atoms with van der Waals surface area (Å²) in [6, 6.07) is 11.5. The number of methoxy groups -OCH3 is 1. The normalized spacial score (nSPS) is 16.6. The lowest BCUT2D eigenvalue weighted by Gasteiger charge is -2.20. The molecular formula is C19H22FNO. The SMILES string of the molecule is COc1ccc2c(c1)CCc1cc(F)ccc1C2CCCN. The van der Waals surface area contributed by atoms with Gasteiger partial charge in [0.1, 0.15) is 11.6 Å². The topological polar surface area (TPSA) is 35.2 Å². The summed E-state index contributed by atoms with van der Waals surface area (Å²) in [5.41, 5.74) is 10.7. The molecule has 0 spiro atoms. The maximum atomic E-state index is 13.6. The third-order valence-electron chi connectivity index (χ3n) is 4.57. The van der Waals surface area contributed by atoms with Crippen LogP contribution >= 0.6 is 0 Å². The molecule has 1 aliphatic carbocycles. The Bertz CT molecular complexity index is 668. The van der Waals surface area contributed by atoms with Gasteiger partial charge in [-0.05, 0) is 78.7 Å². The first-order chi connectivity index (χ1) is 10.7. The van der Waals surface area contributed by atoms with Crippen LogP contribution in [0.5, 0.6) is 5.75 Å². The van der Waals surface area contributed by atoms with Crippen LogP contribution in [-0.2, 0) is 12.8 Å². The molecule has 22 heavy (non-hydrogen) atoms. The minimum absolute atomic E-state index is 0.153. The predicted molar refractivity (Wildman–Crippen MR) is 86.9 cm³/mol. The fourth-order valence-electron chi connectivity index (χ4n) is 3.47. The molecule has 0 saturated carbocycles. The second-order valence-electron chi connectivity index (χ2n) is 5.89. The van der Waals surface area contributed by atoms with Gasteiger partial charge in [0.2, 0.25) is 0 Å². The molecule has 3 rings (SSSR count). The number of ether oxygens (including phenoxy) is 1. The molecule has 0 aromatic heterocycles. The minimum Gasteiger partial charge on any atom is -0.497 e. The molecule has 1 unspecified atom stereocenters. The van der Waals surface area contributed by atoms with Gasteiger partial charge in [0.25, 0.3) is 0 Å². The van der Waals surface area contributed by atoms with Gasteiger partial charge in [-0.1, -0.05) is 12.1 Å². The number of benzene rings is 2. The summed E-state index contributed by atoms with van der Waals surface area (Å²) >= 11 is 0. The second-order valence-corrected chi connectivity index (χ2v) is 5.89. The zero-order chi connectivity index (χ0) is 15.5. The summed E-state index contributed by atoms with van der Waals surface area (Å²) in [6.07, 6.45) is 3.75. The van der Waals surface area contributed by atoms with Gasteiger partial charge in [0.05, 0.1) is 7.11 Å². The Morgan fingerprint density at radius 2 is 1.77 bits per heavy atom. The van der Waals surface area contributed by atoms with E-state index in [0.29, 0.717) is 12.5 Å². The van der Waals surface area contributed by atoms with Crippen LogP contribution in [0.4, 0.5) is 4.39 Å². The van der Waals surface area contributed by atoms with Crippen molar-refractivity contribution in [2.75, 3.05) is 13.7 Å². The molecule has 0 aliphatic heterocycles. The molecule has 1 atom stereocenters. The molecule has 3 heteroatoms. The summed E-state index contributed by atoms with van der Waals surface area (Å²) in [6.45, 7) is 0.679. The molecule has 0 fully saturated rings. The molecule has 0 bridgehead atoms. The summed E-state index contributed by atoms with van der Waals surface area (Å²) in [5, 5.41) is 0. The van der Waals surface area contributed by atoms with E-state index in [1.807, 2.05) is 12.1 Å². The zero-order valence-corrected chi connectivity index (χ0v) is 12.9. The van der Waals surface area contributed by atoms with Crippen molar-refractivity contribution in [1.29, 1.82) is 0 Å². The van der Waals surface area contributed by atoms with Crippen LogP contribution in [0.3, 0.4) is 0 Å². The average molecular weight is 299 g/mol. The molecule has 116 valence electrons. The Morgan fingerprint density at radius 3 is 2.45 bits per heavy atom. The maximum Gasteiger partial charge on any atom is 0.123 e. The van der Waals surface area contributed by atoms with E-state index in [4.69, 9.17) is 10.5 Å². The molecule has 2 aromatic carbocycles. The standard InChI is InChI=1S/C19H22FNO/c1-22-16-7-9-18-14(12-16)5-4-13-11-15(20)6-8-17(13)19(18)3-2-10-21/h6-9,11-12,19H,2-5,10,21H2,1H3. The lowest BCUT2D eigenvalue weighted by molar-refractivity contribution is 0.414. The highest BCUT2D eigenvalue weighted by Crippen LogP contribution is 2.38. The highest BCUT2D eigenvalue weighted by Gasteiger charge is 2.24. The van der Waals surface area contributed by atoms with Gasteiger partial charge in [-0.3, -0.25) is 0 Å². The third-order valence-corrected chi connectivity index (χ3v) is 4.57. The van der Waals surface area contributed by atoms with Crippen LogP contribution < -0.4 is 10.5 Å². The Kier molecular flexibility index (Phi) is 4.44. The number of halogens is 1. The molecular weight excluding hydrogens is 277 g/mol. The van der Waals surface area contributed by atoms with Crippen LogP contribution in [0, 0.1) is 5.82 Å². The van der Waals surface area contributed by atoms with Crippen molar-refractivity contribution in [3.05, 3.63) is 64.5 Å². The number of hydrogen-bond donors (Lipinski definition) is 1. The molecule has 1 aliphatic rings. The Hall–Kier alpha value is -1.87. The van der Waals surface area contributed by atoms with Crippen molar-refractivity contribution in [3.63, 3.8) is 0 Å². The van der Waals surface area contributed by atoms with Crippen LogP contribution in [0.1, 0.15) is 41.0 Å². The van der Waals surface area contributed by atoms with Crippen molar-refractivity contribution in [3.8, 4) is 5.75 Å². The smallest absolute Gasteiger partial charge is 0.123 e. The molecule has 0 heterocycles. The molecule has 0 radical (unpaired) electrons. The van der Waals surface area contributed by atoms with Crippen molar-refractivity contribution in [1.82, 2.24) is 0 Å². The number of nitrogens with two attached hydrogens (primary N) is 1. The Morgan fingerprint density at radius 1 is 1.09 bits per heavy atom. The highest BCUT2D eigenvalue weighted by molar-refractivity contribution is 5.47. The summed E-state index contributed by atoms with van der Waals surface area (Å²) in [4.78, 5) is 0. The summed E-state index contributed by atoms with van der Waals surface area (Å²) < 4.78 is 19.0. The average Bonchev–Trinajstić information content (AvgIpc) is 2.69. The van der Waals surface area contributed by atoms with Gasteiger partial charge >= 0.3 is 0 Å². The van der Waals surface area contributed by atoms with E-state index in [-0.39, 0.29) is 5.82 Å². The first-order valence-corrected chi connectivity index (χ1v) is 7.88. The van der Waals surface area contributed by atoms with Crippen molar-refractivity contribution >= 4 is 0 Å². The lowest BCUT2D eigenvalue weighted by Crippen LogP contribution is -2.08. The van der Waals surface area contributed by atoms with E-state index in [1.165, 1.54) is 16.7 Å². The number of fused-ring (bicyclic) bond motifs is 2. The molecule has 0 saturated heterocycles. The first kappa shape index (κ1) is 15.0. The number of aryl methyl sites for hydroxylation is 2. The quantitative estimate of drug-likeness (QED) is 0.932. The van der Waals surface area contributed by atoms with Gasteiger partial charge in [0.15, 0.2) is 0 Å². The van der Waals surface area contributed by atoms with Crippen molar-refractivity contribution in [2.24, 2.45) is 5.73 Å². The Balaban J connectivity index is 2.08. The van der Waals surface area contributed by atoms with Gasteiger partial charge < -0.3 is 10.5 Å². The van der Waals surface area contributed by atoms with Gasteiger partial charge in [-0.2, -0.15) is 0 Å². The monoisotopic (exact) mass is 299 g/mol. The van der Waals surface area contributed by atoms with Gasteiger partial charge in [-0.15, -0.1) is 0 Å². The van der Waals surface area contributed by atoms with Crippen molar-refractivity contribution in [2.45, 2.75) is 31.6 Å². The third kappa shape index (κ3) is 2.86. The van der Waals surface area contributed by atoms with E-state index in [1.54, 1.807) is 19.2 Å². The molecule has 0 amide bonds. The van der Waals surface area contributed by atoms with Crippen molar-refractivity contribution < 1.29 is 9.13 Å². The van der Waals surface area contributed by atoms with Crippen LogP contribution in [0.2, 0.25) is 0 Å². The fraction of sp³-hybridized carbons (Fsp3) is 0.368. The van der Waals surface area contributed by atoms with E-state index in [0.717, 1.165) is 37.0 Å². The fourth-order valence-corrected chi connectivity index (χ4v) is 3.47. The van der Waals surface area contributed by atoms with Crippen LogP contribution in [0.15, 0.2) is 36.4 Å². The minimum atomic E-state index is -0.153. The van der Waals surface area contributed by atoms with Gasteiger partial charge in [-0.25, -0.2) is 4.39 Å². The highest BCUT2D eigenvalue weighted by atomic mass is 19.1. The molecule has 2 nitrogen and oxygen atoms in total. The van der Waals surface area contributed by atoms with E-state index in [2.05, 4.69) is 12.1 Å². The predicted octanol–water partition coefficient (Wildman–Crippen LogP) is 3.80. The van der Waals surface area contributed by atoms with Crippen LogP contribution in [-0.4, -0.2) is 13.7 Å². The number of hydrogen-bond acceptors (Lipinski definition) is 2. The lowest BCUT2D eigenvalue weighted by atomic mass is 9.84. The van der Waals surface area contributed by atoms with Gasteiger partial charge in [0, 0.05) is 5.92 Å². The van der Waals surface area contributed by atoms with E-state index in [9.17, 15) is 4.39 Å². The summed E-state index contributed by atoms with van der Waals surface area (Å²) in [7, 11) is 1.69. The molecule has 2 aromatic rings.